The maximum absolute atomic E-state index is 13.4. The first-order valence-corrected chi connectivity index (χ1v) is 6.90. The molecule has 0 aliphatic heterocycles. The number of benzene rings is 2. The molecular weight excluding hydrogens is 371 g/mol. The van der Waals surface area contributed by atoms with E-state index in [1.807, 2.05) is 5.43 Å². The van der Waals surface area contributed by atoms with Gasteiger partial charge in [0.25, 0.3) is 5.91 Å². The Morgan fingerprint density at radius 2 is 1.52 bits per heavy atom. The molecule has 1 amide bonds. The van der Waals surface area contributed by atoms with Gasteiger partial charge in [-0.3, -0.25) is 4.79 Å². The van der Waals surface area contributed by atoms with Gasteiger partial charge >= 0.3 is 0 Å². The average molecular weight is 379 g/mol. The quantitative estimate of drug-likeness (QED) is 0.284. The highest BCUT2D eigenvalue weighted by Gasteiger charge is 2.24. The molecule has 25 heavy (non-hydrogen) atoms. The minimum Gasteiger partial charge on any atom is -0.484 e. The Bertz CT molecular complexity index is 799. The standard InChI is InChI=1S/C15H8ClF5N2O2/c16-7-1-3-8(4-2-7)25-6-10(24)23-22-5-9-11(17)13(19)15(21)14(20)12(9)18/h1-5H,6H2,(H,23,24)/b22-5-. The smallest absolute Gasteiger partial charge is 0.277 e. The minimum absolute atomic E-state index is 0.302. The van der Waals surface area contributed by atoms with E-state index >= 15 is 0 Å². The highest BCUT2D eigenvalue weighted by Crippen LogP contribution is 2.21. The van der Waals surface area contributed by atoms with Gasteiger partial charge in [0.05, 0.1) is 11.8 Å². The first-order valence-electron chi connectivity index (χ1n) is 6.53. The SMILES string of the molecule is O=C(COc1ccc(Cl)cc1)N/N=C\c1c(F)c(F)c(F)c(F)c1F. The van der Waals surface area contributed by atoms with Crippen LogP contribution in [0.2, 0.25) is 5.02 Å². The van der Waals surface area contributed by atoms with Crippen molar-refractivity contribution in [2.75, 3.05) is 6.61 Å². The van der Waals surface area contributed by atoms with Crippen molar-refractivity contribution in [1.82, 2.24) is 5.43 Å². The molecule has 0 aliphatic carbocycles. The summed E-state index contributed by atoms with van der Waals surface area (Å²) in [6.07, 6.45) is 0.302. The van der Waals surface area contributed by atoms with Crippen molar-refractivity contribution in [1.29, 1.82) is 0 Å². The molecule has 0 saturated carbocycles. The second kappa shape index (κ2) is 7.93. The Labute approximate surface area is 142 Å². The normalized spacial score (nSPS) is 11.0. The zero-order chi connectivity index (χ0) is 18.6. The number of rotatable bonds is 5. The highest BCUT2D eigenvalue weighted by molar-refractivity contribution is 6.30. The molecule has 0 atom stereocenters. The Morgan fingerprint density at radius 3 is 2.08 bits per heavy atom. The molecule has 0 aromatic heterocycles. The molecule has 1 N–H and O–H groups in total. The molecule has 0 unspecified atom stereocenters. The number of amides is 1. The number of nitrogens with one attached hydrogen (secondary N) is 1. The molecule has 0 radical (unpaired) electrons. The minimum atomic E-state index is -2.28. The van der Waals surface area contributed by atoms with E-state index in [0.29, 0.717) is 17.0 Å². The molecule has 0 bridgehead atoms. The lowest BCUT2D eigenvalue weighted by Gasteiger charge is -2.05. The van der Waals surface area contributed by atoms with Gasteiger partial charge in [0.15, 0.2) is 29.9 Å². The van der Waals surface area contributed by atoms with Crippen LogP contribution in [0.3, 0.4) is 0 Å². The molecule has 0 aliphatic rings. The molecule has 0 saturated heterocycles. The van der Waals surface area contributed by atoms with E-state index in [9.17, 15) is 26.7 Å². The van der Waals surface area contributed by atoms with Gasteiger partial charge in [-0.25, -0.2) is 27.4 Å². The number of carbonyl (C=O) groups excluding carboxylic acids is 1. The van der Waals surface area contributed by atoms with Crippen molar-refractivity contribution in [3.05, 3.63) is 63.9 Å². The largest absolute Gasteiger partial charge is 0.484 e. The third-order valence-electron chi connectivity index (χ3n) is 2.81. The molecule has 10 heteroatoms. The van der Waals surface area contributed by atoms with Gasteiger partial charge < -0.3 is 4.74 Å². The van der Waals surface area contributed by atoms with Crippen LogP contribution in [0.4, 0.5) is 22.0 Å². The van der Waals surface area contributed by atoms with Gasteiger partial charge in [0.1, 0.15) is 5.75 Å². The van der Waals surface area contributed by atoms with Crippen molar-refractivity contribution >= 4 is 23.7 Å². The number of ether oxygens (including phenoxy) is 1. The summed E-state index contributed by atoms with van der Waals surface area (Å²) in [5.41, 5.74) is 0.546. The van der Waals surface area contributed by atoms with Crippen LogP contribution in [0.15, 0.2) is 29.4 Å². The summed E-state index contributed by atoms with van der Waals surface area (Å²) in [6.45, 7) is -0.504. The fraction of sp³-hybridized carbons (Fsp3) is 0.0667. The molecule has 0 fully saturated rings. The Kier molecular flexibility index (Phi) is 5.92. The number of carbonyl (C=O) groups is 1. The van der Waals surface area contributed by atoms with Crippen LogP contribution >= 0.6 is 11.6 Å². The maximum Gasteiger partial charge on any atom is 0.277 e. The molecule has 0 spiro atoms. The summed E-state index contributed by atoms with van der Waals surface area (Å²) in [5.74, 6) is -11.1. The fourth-order valence-corrected chi connectivity index (χ4v) is 1.74. The van der Waals surface area contributed by atoms with Gasteiger partial charge in [-0.2, -0.15) is 5.10 Å². The Balaban J connectivity index is 1.99. The van der Waals surface area contributed by atoms with Crippen LogP contribution < -0.4 is 10.2 Å². The van der Waals surface area contributed by atoms with Crippen LogP contribution in [0.5, 0.6) is 5.75 Å². The summed E-state index contributed by atoms with van der Waals surface area (Å²) < 4.78 is 70.6. The first kappa shape index (κ1) is 18.7. The maximum atomic E-state index is 13.4. The van der Waals surface area contributed by atoms with E-state index in [2.05, 4.69) is 5.10 Å². The van der Waals surface area contributed by atoms with E-state index in [0.717, 1.165) is 0 Å². The lowest BCUT2D eigenvalue weighted by molar-refractivity contribution is -0.123. The lowest BCUT2D eigenvalue weighted by Crippen LogP contribution is -2.24. The molecule has 0 heterocycles. The van der Waals surface area contributed by atoms with E-state index in [1.54, 1.807) is 0 Å². The number of hydrazone groups is 1. The highest BCUT2D eigenvalue weighted by atomic mass is 35.5. The molecule has 2 aromatic carbocycles. The second-order valence-electron chi connectivity index (χ2n) is 4.52. The third kappa shape index (κ3) is 4.44. The fourth-order valence-electron chi connectivity index (χ4n) is 1.62. The summed E-state index contributed by atoms with van der Waals surface area (Å²) >= 11 is 5.67. The second-order valence-corrected chi connectivity index (χ2v) is 4.96. The van der Waals surface area contributed by atoms with Crippen molar-refractivity contribution in [2.24, 2.45) is 5.10 Å². The summed E-state index contributed by atoms with van der Waals surface area (Å²) in [7, 11) is 0. The third-order valence-corrected chi connectivity index (χ3v) is 3.06. The lowest BCUT2D eigenvalue weighted by atomic mass is 10.2. The zero-order valence-electron chi connectivity index (χ0n) is 12.1. The van der Waals surface area contributed by atoms with Crippen LogP contribution in [0.1, 0.15) is 5.56 Å². The summed E-state index contributed by atoms with van der Waals surface area (Å²) in [4.78, 5) is 11.5. The van der Waals surface area contributed by atoms with Crippen LogP contribution in [0, 0.1) is 29.1 Å². The molecular formula is C15H8ClF5N2O2. The van der Waals surface area contributed by atoms with Gasteiger partial charge in [-0.1, -0.05) is 11.6 Å². The Hall–Kier alpha value is -2.68. The van der Waals surface area contributed by atoms with Gasteiger partial charge in [-0.15, -0.1) is 0 Å². The molecule has 2 aromatic rings. The van der Waals surface area contributed by atoms with Crippen LogP contribution in [-0.2, 0) is 4.79 Å². The molecule has 4 nitrogen and oxygen atoms in total. The number of halogens is 6. The van der Waals surface area contributed by atoms with Crippen LogP contribution in [0.25, 0.3) is 0 Å². The van der Waals surface area contributed by atoms with Crippen LogP contribution in [-0.4, -0.2) is 18.7 Å². The number of hydrogen-bond acceptors (Lipinski definition) is 3. The van der Waals surface area contributed by atoms with E-state index in [-0.39, 0.29) is 0 Å². The molecule has 2 rings (SSSR count). The number of nitrogens with zero attached hydrogens (tertiary/aromatic N) is 1. The van der Waals surface area contributed by atoms with E-state index in [4.69, 9.17) is 16.3 Å². The summed E-state index contributed by atoms with van der Waals surface area (Å²) in [5, 5.41) is 3.60. The zero-order valence-corrected chi connectivity index (χ0v) is 12.9. The topological polar surface area (TPSA) is 50.7 Å². The van der Waals surface area contributed by atoms with Gasteiger partial charge in [0.2, 0.25) is 5.82 Å². The van der Waals surface area contributed by atoms with E-state index < -0.39 is 47.2 Å². The van der Waals surface area contributed by atoms with Crippen molar-refractivity contribution < 1.29 is 31.5 Å². The average Bonchev–Trinajstić information content (AvgIpc) is 2.60. The molecule has 132 valence electrons. The van der Waals surface area contributed by atoms with Crippen molar-refractivity contribution in [3.63, 3.8) is 0 Å². The monoisotopic (exact) mass is 378 g/mol. The van der Waals surface area contributed by atoms with Crippen molar-refractivity contribution in [3.8, 4) is 5.75 Å². The summed E-state index contributed by atoms with van der Waals surface area (Å²) in [6, 6.07) is 6.04. The Morgan fingerprint density at radius 1 is 1.00 bits per heavy atom. The van der Waals surface area contributed by atoms with E-state index in [1.165, 1.54) is 24.3 Å². The predicted octanol–water partition coefficient (Wildman–Crippen LogP) is 3.56. The van der Waals surface area contributed by atoms with Gasteiger partial charge in [-0.05, 0) is 24.3 Å². The first-order chi connectivity index (χ1) is 11.8. The van der Waals surface area contributed by atoms with Crippen molar-refractivity contribution in [2.45, 2.75) is 0 Å². The number of hydrogen-bond donors (Lipinski definition) is 1. The predicted molar refractivity (Wildman–Crippen MR) is 78.9 cm³/mol. The van der Waals surface area contributed by atoms with Gasteiger partial charge in [0, 0.05) is 5.02 Å².